The lowest BCUT2D eigenvalue weighted by atomic mass is 10.2. The van der Waals surface area contributed by atoms with E-state index in [0.717, 1.165) is 0 Å². The summed E-state index contributed by atoms with van der Waals surface area (Å²) >= 11 is 1.34. The molecule has 0 aliphatic carbocycles. The van der Waals surface area contributed by atoms with Gasteiger partial charge in [-0.05, 0) is 24.3 Å². The Morgan fingerprint density at radius 1 is 1.05 bits per heavy atom. The maximum atomic E-state index is 12.0. The summed E-state index contributed by atoms with van der Waals surface area (Å²) in [7, 11) is 0. The van der Waals surface area contributed by atoms with Crippen LogP contribution >= 0.6 is 11.3 Å². The van der Waals surface area contributed by atoms with Gasteiger partial charge in [0.25, 0.3) is 11.8 Å². The molecular weight excluding hydrogens is 304 g/mol. The van der Waals surface area contributed by atoms with E-state index in [1.165, 1.54) is 24.0 Å². The van der Waals surface area contributed by atoms with Crippen LogP contribution in [-0.4, -0.2) is 21.8 Å². The molecule has 0 saturated carbocycles. The standard InChI is InChI=1S/C14H10N4O3S/c19-12(18-14-15-5-6-22-14)9-1-3-10(4-2-9)17-13(20)11-7-21-8-16-11/h1-8H,(H,17,20)(H,15,18,19). The van der Waals surface area contributed by atoms with E-state index in [9.17, 15) is 9.59 Å². The number of carbonyl (C=O) groups is 2. The van der Waals surface area contributed by atoms with Crippen molar-refractivity contribution < 1.29 is 14.0 Å². The number of hydrogen-bond donors (Lipinski definition) is 2. The average molecular weight is 314 g/mol. The van der Waals surface area contributed by atoms with E-state index in [2.05, 4.69) is 20.6 Å². The Hall–Kier alpha value is -3.00. The molecule has 0 spiro atoms. The van der Waals surface area contributed by atoms with Crippen molar-refractivity contribution in [2.24, 2.45) is 0 Å². The highest BCUT2D eigenvalue weighted by Crippen LogP contribution is 2.15. The van der Waals surface area contributed by atoms with Gasteiger partial charge in [0.2, 0.25) is 0 Å². The molecule has 2 aromatic heterocycles. The van der Waals surface area contributed by atoms with Crippen molar-refractivity contribution >= 4 is 34.0 Å². The quantitative estimate of drug-likeness (QED) is 0.771. The fraction of sp³-hybridized carbons (Fsp3) is 0. The van der Waals surface area contributed by atoms with Crippen molar-refractivity contribution in [2.45, 2.75) is 0 Å². The molecule has 0 unspecified atom stereocenters. The highest BCUT2D eigenvalue weighted by Gasteiger charge is 2.10. The van der Waals surface area contributed by atoms with Crippen LogP contribution in [0.25, 0.3) is 0 Å². The zero-order chi connectivity index (χ0) is 15.4. The van der Waals surface area contributed by atoms with Crippen LogP contribution in [0.5, 0.6) is 0 Å². The molecule has 0 aliphatic rings. The first-order valence-electron chi connectivity index (χ1n) is 6.23. The number of carbonyl (C=O) groups excluding carboxylic acids is 2. The number of benzene rings is 1. The highest BCUT2D eigenvalue weighted by atomic mass is 32.1. The highest BCUT2D eigenvalue weighted by molar-refractivity contribution is 7.13. The molecule has 2 amide bonds. The molecule has 3 rings (SSSR count). The lowest BCUT2D eigenvalue weighted by Crippen LogP contribution is -2.13. The SMILES string of the molecule is O=C(Nc1nccs1)c1ccc(NC(=O)c2cocn2)cc1. The minimum atomic E-state index is -0.381. The lowest BCUT2D eigenvalue weighted by Gasteiger charge is -2.05. The predicted molar refractivity (Wildman–Crippen MR) is 81.0 cm³/mol. The van der Waals surface area contributed by atoms with E-state index in [1.807, 2.05) is 0 Å². The average Bonchev–Trinajstić information content (AvgIpc) is 3.21. The number of amides is 2. The number of rotatable bonds is 4. The first kappa shape index (κ1) is 14.0. The van der Waals surface area contributed by atoms with Gasteiger partial charge in [-0.15, -0.1) is 11.3 Å². The van der Waals surface area contributed by atoms with Crippen LogP contribution in [0.1, 0.15) is 20.8 Å². The molecule has 7 nitrogen and oxygen atoms in total. The van der Waals surface area contributed by atoms with Crippen LogP contribution in [0.15, 0.2) is 52.9 Å². The summed E-state index contributed by atoms with van der Waals surface area (Å²) in [5.74, 6) is -0.641. The maximum absolute atomic E-state index is 12.0. The normalized spacial score (nSPS) is 10.2. The Labute approximate surface area is 129 Å². The van der Waals surface area contributed by atoms with Crippen molar-refractivity contribution in [1.82, 2.24) is 9.97 Å². The molecule has 3 aromatic rings. The third-order valence-corrected chi connectivity index (χ3v) is 3.41. The van der Waals surface area contributed by atoms with Gasteiger partial charge in [-0.3, -0.25) is 14.9 Å². The van der Waals surface area contributed by atoms with Crippen LogP contribution in [-0.2, 0) is 0 Å². The first-order valence-corrected chi connectivity index (χ1v) is 7.11. The number of thiazole rings is 1. The molecule has 0 atom stereocenters. The van der Waals surface area contributed by atoms with Gasteiger partial charge in [-0.25, -0.2) is 9.97 Å². The molecule has 8 heteroatoms. The predicted octanol–water partition coefficient (Wildman–Crippen LogP) is 2.64. The number of anilines is 2. The van der Waals surface area contributed by atoms with Gasteiger partial charge in [0, 0.05) is 22.8 Å². The smallest absolute Gasteiger partial charge is 0.277 e. The molecule has 22 heavy (non-hydrogen) atoms. The molecule has 0 radical (unpaired) electrons. The first-order chi connectivity index (χ1) is 10.7. The number of nitrogens with one attached hydrogen (secondary N) is 2. The second-order valence-electron chi connectivity index (χ2n) is 4.20. The summed E-state index contributed by atoms with van der Waals surface area (Å²) in [4.78, 5) is 31.5. The fourth-order valence-electron chi connectivity index (χ4n) is 1.68. The number of aromatic nitrogens is 2. The van der Waals surface area contributed by atoms with Crippen LogP contribution < -0.4 is 10.6 Å². The number of oxazole rings is 1. The van der Waals surface area contributed by atoms with Gasteiger partial charge in [-0.1, -0.05) is 0 Å². The van der Waals surface area contributed by atoms with Crippen LogP contribution in [0.4, 0.5) is 10.8 Å². The summed E-state index contributed by atoms with van der Waals surface area (Å²) in [6, 6.07) is 6.49. The summed E-state index contributed by atoms with van der Waals surface area (Å²) in [5, 5.41) is 7.64. The fourth-order valence-corrected chi connectivity index (χ4v) is 2.20. The van der Waals surface area contributed by atoms with Crippen molar-refractivity contribution in [3.63, 3.8) is 0 Å². The van der Waals surface area contributed by atoms with Gasteiger partial charge in [0.15, 0.2) is 17.2 Å². The Bertz CT molecular complexity index is 767. The molecule has 0 saturated heterocycles. The summed E-state index contributed by atoms with van der Waals surface area (Å²) in [6.45, 7) is 0. The maximum Gasteiger partial charge on any atom is 0.277 e. The molecule has 0 bridgehead atoms. The van der Waals surface area contributed by atoms with Crippen LogP contribution in [0.2, 0.25) is 0 Å². The Kier molecular flexibility index (Phi) is 3.92. The number of nitrogens with zero attached hydrogens (tertiary/aromatic N) is 2. The van der Waals surface area contributed by atoms with Gasteiger partial charge >= 0.3 is 0 Å². The van der Waals surface area contributed by atoms with Gasteiger partial charge in [0.1, 0.15) is 6.26 Å². The summed E-state index contributed by atoms with van der Waals surface area (Å²) < 4.78 is 4.74. The van der Waals surface area contributed by atoms with Gasteiger partial charge in [0.05, 0.1) is 0 Å². The van der Waals surface area contributed by atoms with E-state index in [1.54, 1.807) is 35.8 Å². The van der Waals surface area contributed by atoms with Gasteiger partial charge < -0.3 is 9.73 Å². The topological polar surface area (TPSA) is 97.1 Å². The third kappa shape index (κ3) is 3.18. The second-order valence-corrected chi connectivity index (χ2v) is 5.09. The summed E-state index contributed by atoms with van der Waals surface area (Å²) in [6.07, 6.45) is 4.05. The Morgan fingerprint density at radius 3 is 2.50 bits per heavy atom. The molecule has 0 aliphatic heterocycles. The Balaban J connectivity index is 1.65. The van der Waals surface area contributed by atoms with E-state index in [4.69, 9.17) is 4.42 Å². The van der Waals surface area contributed by atoms with Crippen molar-refractivity contribution in [3.8, 4) is 0 Å². The van der Waals surface area contributed by atoms with Gasteiger partial charge in [-0.2, -0.15) is 0 Å². The number of hydrogen-bond acceptors (Lipinski definition) is 6. The summed E-state index contributed by atoms with van der Waals surface area (Å²) in [5.41, 5.74) is 1.21. The molecular formula is C14H10N4O3S. The lowest BCUT2D eigenvalue weighted by molar-refractivity contribution is 0.101. The zero-order valence-corrected chi connectivity index (χ0v) is 12.0. The van der Waals surface area contributed by atoms with Crippen LogP contribution in [0, 0.1) is 0 Å². The molecule has 2 heterocycles. The van der Waals surface area contributed by atoms with E-state index in [-0.39, 0.29) is 17.5 Å². The molecule has 1 aromatic carbocycles. The van der Waals surface area contributed by atoms with E-state index < -0.39 is 0 Å². The minimum absolute atomic E-state index is 0.186. The van der Waals surface area contributed by atoms with Crippen molar-refractivity contribution in [2.75, 3.05) is 10.6 Å². The molecule has 0 fully saturated rings. The second kappa shape index (κ2) is 6.19. The third-order valence-electron chi connectivity index (χ3n) is 2.72. The van der Waals surface area contributed by atoms with E-state index >= 15 is 0 Å². The minimum Gasteiger partial charge on any atom is -0.451 e. The van der Waals surface area contributed by atoms with E-state index in [0.29, 0.717) is 16.4 Å². The Morgan fingerprint density at radius 2 is 1.86 bits per heavy atom. The van der Waals surface area contributed by atoms with Crippen LogP contribution in [0.3, 0.4) is 0 Å². The zero-order valence-electron chi connectivity index (χ0n) is 11.1. The van der Waals surface area contributed by atoms with Crippen molar-refractivity contribution in [3.05, 3.63) is 59.8 Å². The van der Waals surface area contributed by atoms with Crippen molar-refractivity contribution in [1.29, 1.82) is 0 Å². The monoisotopic (exact) mass is 314 g/mol. The molecule has 110 valence electrons. The largest absolute Gasteiger partial charge is 0.451 e. The molecule has 2 N–H and O–H groups in total.